The van der Waals surface area contributed by atoms with Gasteiger partial charge >= 0.3 is 0 Å². The molecule has 1 atom stereocenters. The minimum absolute atomic E-state index is 0.258. The van der Waals surface area contributed by atoms with Crippen molar-refractivity contribution >= 4 is 15.9 Å². The summed E-state index contributed by atoms with van der Waals surface area (Å²) in [6.07, 6.45) is 7.48. The SMILES string of the molecule is O=C=NC1([C@H]2CCCS2(=O)=O)CCCCC1. The fraction of sp³-hybridized carbons (Fsp3) is 0.909. The van der Waals surface area contributed by atoms with E-state index in [0.717, 1.165) is 32.1 Å². The molecule has 0 N–H and O–H groups in total. The third kappa shape index (κ3) is 1.94. The predicted octanol–water partition coefficient (Wildman–Crippen LogP) is 1.60. The Labute approximate surface area is 96.1 Å². The molecule has 2 rings (SSSR count). The molecule has 0 aromatic heterocycles. The lowest BCUT2D eigenvalue weighted by molar-refractivity contribution is 0.281. The highest BCUT2D eigenvalue weighted by Gasteiger charge is 2.49. The maximum atomic E-state index is 12.0. The van der Waals surface area contributed by atoms with Gasteiger partial charge in [-0.05, 0) is 25.7 Å². The number of rotatable bonds is 2. The molecule has 16 heavy (non-hydrogen) atoms. The van der Waals surface area contributed by atoms with Crippen molar-refractivity contribution in [1.82, 2.24) is 0 Å². The Kier molecular flexibility index (Phi) is 3.17. The van der Waals surface area contributed by atoms with Crippen LogP contribution in [0.2, 0.25) is 0 Å². The van der Waals surface area contributed by atoms with Crippen molar-refractivity contribution in [3.63, 3.8) is 0 Å². The predicted molar refractivity (Wildman–Crippen MR) is 60.7 cm³/mol. The molecule has 0 unspecified atom stereocenters. The summed E-state index contributed by atoms with van der Waals surface area (Å²) in [5, 5.41) is -0.429. The van der Waals surface area contributed by atoms with Gasteiger partial charge in [0, 0.05) is 0 Å². The summed E-state index contributed by atoms with van der Waals surface area (Å²) in [4.78, 5) is 14.5. The first-order chi connectivity index (χ1) is 7.61. The van der Waals surface area contributed by atoms with Crippen LogP contribution in [0.1, 0.15) is 44.9 Å². The second kappa shape index (κ2) is 4.30. The van der Waals surface area contributed by atoms with Crippen LogP contribution in [0.4, 0.5) is 0 Å². The van der Waals surface area contributed by atoms with E-state index in [-0.39, 0.29) is 5.75 Å². The minimum Gasteiger partial charge on any atom is -0.228 e. The van der Waals surface area contributed by atoms with Gasteiger partial charge < -0.3 is 0 Å². The van der Waals surface area contributed by atoms with Gasteiger partial charge in [0.25, 0.3) is 0 Å². The van der Waals surface area contributed by atoms with E-state index in [1.165, 1.54) is 0 Å². The molecule has 0 aromatic rings. The molecule has 4 nitrogen and oxygen atoms in total. The average molecular weight is 243 g/mol. The fourth-order valence-corrected chi connectivity index (χ4v) is 5.49. The highest BCUT2D eigenvalue weighted by atomic mass is 32.2. The van der Waals surface area contributed by atoms with E-state index < -0.39 is 20.6 Å². The highest BCUT2D eigenvalue weighted by molar-refractivity contribution is 7.92. The second-order valence-electron chi connectivity index (χ2n) is 4.87. The topological polar surface area (TPSA) is 63.6 Å². The van der Waals surface area contributed by atoms with E-state index >= 15 is 0 Å². The molecule has 90 valence electrons. The molecule has 0 aromatic carbocycles. The molecule has 5 heteroatoms. The first-order valence-electron chi connectivity index (χ1n) is 5.91. The maximum absolute atomic E-state index is 12.0. The third-order valence-corrected chi connectivity index (χ3v) is 6.31. The zero-order valence-electron chi connectivity index (χ0n) is 9.31. The molecular formula is C11H17NO3S. The largest absolute Gasteiger partial charge is 0.235 e. The summed E-state index contributed by atoms with van der Waals surface area (Å²) in [6, 6.07) is 0. The van der Waals surface area contributed by atoms with Crippen molar-refractivity contribution in [3.05, 3.63) is 0 Å². The van der Waals surface area contributed by atoms with E-state index in [0.29, 0.717) is 12.8 Å². The Morgan fingerprint density at radius 2 is 1.81 bits per heavy atom. The summed E-state index contributed by atoms with van der Waals surface area (Å²) >= 11 is 0. The number of carbonyl (C=O) groups excluding carboxylic acids is 1. The Balaban J connectivity index is 2.35. The van der Waals surface area contributed by atoms with Gasteiger partial charge in [0.15, 0.2) is 9.84 Å². The molecule has 0 spiro atoms. The van der Waals surface area contributed by atoms with Gasteiger partial charge in [-0.3, -0.25) is 0 Å². The van der Waals surface area contributed by atoms with Crippen LogP contribution in [0.3, 0.4) is 0 Å². The molecule has 0 bridgehead atoms. The summed E-state index contributed by atoms with van der Waals surface area (Å²) < 4.78 is 23.9. The standard InChI is InChI=1S/C11H17NO3S/c13-9-12-11(6-2-1-3-7-11)10-5-4-8-16(10,14)15/h10H,1-8H2/t10-/m1/s1. The van der Waals surface area contributed by atoms with E-state index in [1.807, 2.05) is 0 Å². The molecule has 1 aliphatic carbocycles. The van der Waals surface area contributed by atoms with Crippen LogP contribution >= 0.6 is 0 Å². The van der Waals surface area contributed by atoms with Gasteiger partial charge in [0.1, 0.15) is 0 Å². The Morgan fingerprint density at radius 3 is 2.31 bits per heavy atom. The van der Waals surface area contributed by atoms with Gasteiger partial charge in [-0.25, -0.2) is 13.2 Å². The zero-order valence-corrected chi connectivity index (χ0v) is 10.1. The number of isocyanates is 1. The maximum Gasteiger partial charge on any atom is 0.235 e. The lowest BCUT2D eigenvalue weighted by Gasteiger charge is -2.36. The zero-order chi connectivity index (χ0) is 11.6. The quantitative estimate of drug-likeness (QED) is 0.546. The van der Waals surface area contributed by atoms with Crippen LogP contribution in [-0.2, 0) is 14.6 Å². The summed E-state index contributed by atoms with van der Waals surface area (Å²) in [6.45, 7) is 0. The van der Waals surface area contributed by atoms with E-state index in [1.54, 1.807) is 6.08 Å². The highest BCUT2D eigenvalue weighted by Crippen LogP contribution is 2.41. The Bertz CT molecular complexity index is 403. The Hall–Kier alpha value is -0.670. The van der Waals surface area contributed by atoms with Crippen LogP contribution in [0.15, 0.2) is 4.99 Å². The number of sulfone groups is 1. The van der Waals surface area contributed by atoms with Gasteiger partial charge in [-0.1, -0.05) is 19.3 Å². The van der Waals surface area contributed by atoms with Crippen molar-refractivity contribution in [1.29, 1.82) is 0 Å². The molecular weight excluding hydrogens is 226 g/mol. The van der Waals surface area contributed by atoms with Crippen molar-refractivity contribution in [2.45, 2.75) is 55.7 Å². The molecule has 1 saturated carbocycles. The molecule has 0 radical (unpaired) electrons. The smallest absolute Gasteiger partial charge is 0.228 e. The number of hydrogen-bond acceptors (Lipinski definition) is 4. The molecule has 1 heterocycles. The van der Waals surface area contributed by atoms with Gasteiger partial charge in [0.05, 0.1) is 16.5 Å². The second-order valence-corrected chi connectivity index (χ2v) is 7.17. The first kappa shape index (κ1) is 11.8. The van der Waals surface area contributed by atoms with Gasteiger partial charge in [0.2, 0.25) is 6.08 Å². The van der Waals surface area contributed by atoms with Crippen molar-refractivity contribution in [2.24, 2.45) is 4.99 Å². The van der Waals surface area contributed by atoms with Crippen LogP contribution in [0.5, 0.6) is 0 Å². The molecule has 2 aliphatic rings. The van der Waals surface area contributed by atoms with Crippen LogP contribution in [0, 0.1) is 0 Å². The van der Waals surface area contributed by atoms with Crippen molar-refractivity contribution in [3.8, 4) is 0 Å². The molecule has 1 saturated heterocycles. The number of nitrogens with zero attached hydrogens (tertiary/aromatic N) is 1. The molecule has 1 aliphatic heterocycles. The van der Waals surface area contributed by atoms with E-state index in [9.17, 15) is 13.2 Å². The minimum atomic E-state index is -3.04. The molecule has 0 amide bonds. The monoisotopic (exact) mass is 243 g/mol. The average Bonchev–Trinajstić information content (AvgIpc) is 2.60. The van der Waals surface area contributed by atoms with Crippen molar-refractivity contribution < 1.29 is 13.2 Å². The number of hydrogen-bond donors (Lipinski definition) is 0. The molecule has 2 fully saturated rings. The normalized spacial score (nSPS) is 31.9. The lowest BCUT2D eigenvalue weighted by atomic mass is 9.78. The summed E-state index contributed by atoms with van der Waals surface area (Å²) in [5.41, 5.74) is -0.644. The summed E-state index contributed by atoms with van der Waals surface area (Å²) in [7, 11) is -3.04. The van der Waals surface area contributed by atoms with Gasteiger partial charge in [-0.2, -0.15) is 4.99 Å². The van der Waals surface area contributed by atoms with Crippen LogP contribution in [-0.4, -0.2) is 31.0 Å². The van der Waals surface area contributed by atoms with E-state index in [2.05, 4.69) is 4.99 Å². The summed E-state index contributed by atoms with van der Waals surface area (Å²) in [5.74, 6) is 0.258. The third-order valence-electron chi connectivity index (χ3n) is 3.92. The van der Waals surface area contributed by atoms with Crippen LogP contribution < -0.4 is 0 Å². The number of aliphatic imine (C=N–C) groups is 1. The van der Waals surface area contributed by atoms with Gasteiger partial charge in [-0.15, -0.1) is 0 Å². The van der Waals surface area contributed by atoms with Crippen LogP contribution in [0.25, 0.3) is 0 Å². The Morgan fingerprint density at radius 1 is 1.12 bits per heavy atom. The first-order valence-corrected chi connectivity index (χ1v) is 7.63. The lowest BCUT2D eigenvalue weighted by Crippen LogP contribution is -2.44. The fourth-order valence-electron chi connectivity index (χ4n) is 3.16. The van der Waals surface area contributed by atoms with E-state index in [4.69, 9.17) is 0 Å². The van der Waals surface area contributed by atoms with Crippen molar-refractivity contribution in [2.75, 3.05) is 5.75 Å².